The van der Waals surface area contributed by atoms with E-state index in [0.29, 0.717) is 12.0 Å². The van der Waals surface area contributed by atoms with Crippen LogP contribution in [0.4, 0.5) is 0 Å². The molecule has 1 saturated carbocycles. The maximum Gasteiger partial charge on any atom is 0.0502 e. The summed E-state index contributed by atoms with van der Waals surface area (Å²) < 4.78 is 0. The average Bonchev–Trinajstić information content (AvgIpc) is 2.71. The van der Waals surface area contributed by atoms with Gasteiger partial charge in [0.15, 0.2) is 0 Å². The molecular weight excluding hydrogens is 126 g/mol. The highest BCUT2D eigenvalue weighted by Crippen LogP contribution is 2.48. The summed E-state index contributed by atoms with van der Waals surface area (Å²) in [6.45, 7) is 2.55. The lowest BCUT2D eigenvalue weighted by molar-refractivity contribution is 0.121. The number of hydrogen-bond acceptors (Lipinski definition) is 2. The third-order valence-electron chi connectivity index (χ3n) is 3.03. The van der Waals surface area contributed by atoms with Gasteiger partial charge in [-0.1, -0.05) is 0 Å². The van der Waals surface area contributed by atoms with Gasteiger partial charge >= 0.3 is 0 Å². The zero-order chi connectivity index (χ0) is 7.03. The molecule has 0 bridgehead atoms. The Kier molecular flexibility index (Phi) is 1.46. The molecule has 58 valence electrons. The van der Waals surface area contributed by atoms with Crippen molar-refractivity contribution in [3.8, 4) is 0 Å². The van der Waals surface area contributed by atoms with Crippen LogP contribution in [0.1, 0.15) is 19.3 Å². The van der Waals surface area contributed by atoms with Gasteiger partial charge in [-0.05, 0) is 31.7 Å². The van der Waals surface area contributed by atoms with Crippen LogP contribution < -0.4 is 5.32 Å². The molecule has 0 radical (unpaired) electrons. The van der Waals surface area contributed by atoms with Gasteiger partial charge in [-0.15, -0.1) is 0 Å². The van der Waals surface area contributed by atoms with Crippen molar-refractivity contribution < 1.29 is 5.11 Å². The Labute approximate surface area is 61.6 Å². The van der Waals surface area contributed by atoms with Crippen molar-refractivity contribution in [3.63, 3.8) is 0 Å². The summed E-state index contributed by atoms with van der Waals surface area (Å²) >= 11 is 0. The Morgan fingerprint density at radius 2 is 2.30 bits per heavy atom. The van der Waals surface area contributed by atoms with Crippen molar-refractivity contribution in [2.45, 2.75) is 19.3 Å². The van der Waals surface area contributed by atoms with E-state index in [1.165, 1.54) is 19.3 Å². The quantitative estimate of drug-likeness (QED) is 0.582. The molecule has 2 nitrogen and oxygen atoms in total. The number of rotatable bonds is 2. The van der Waals surface area contributed by atoms with E-state index in [1.807, 2.05) is 0 Å². The van der Waals surface area contributed by atoms with Gasteiger partial charge in [0.2, 0.25) is 0 Å². The maximum absolute atomic E-state index is 9.19. The summed E-state index contributed by atoms with van der Waals surface area (Å²) in [7, 11) is 0. The maximum atomic E-state index is 9.19. The molecular formula is C8H15NO. The predicted octanol–water partition coefficient (Wildman–Crippen LogP) is 0.368. The minimum Gasteiger partial charge on any atom is -0.396 e. The molecule has 0 aromatic carbocycles. The molecule has 2 rings (SSSR count). The highest BCUT2D eigenvalue weighted by Gasteiger charge is 2.46. The monoisotopic (exact) mass is 141 g/mol. The smallest absolute Gasteiger partial charge is 0.0502 e. The zero-order valence-electron chi connectivity index (χ0n) is 6.27. The summed E-state index contributed by atoms with van der Waals surface area (Å²) in [6.07, 6.45) is 3.89. The van der Waals surface area contributed by atoms with E-state index in [0.717, 1.165) is 19.0 Å². The standard InChI is InChI=1S/C8H15NO/c10-6-8(7-1-2-7)3-4-9-5-8/h7,9-10H,1-6H2. The van der Waals surface area contributed by atoms with E-state index < -0.39 is 0 Å². The van der Waals surface area contributed by atoms with Crippen molar-refractivity contribution in [1.29, 1.82) is 0 Å². The van der Waals surface area contributed by atoms with Crippen LogP contribution in [0, 0.1) is 11.3 Å². The van der Waals surface area contributed by atoms with E-state index >= 15 is 0 Å². The topological polar surface area (TPSA) is 32.3 Å². The zero-order valence-corrected chi connectivity index (χ0v) is 6.27. The second-order valence-electron chi connectivity index (χ2n) is 3.72. The second-order valence-corrected chi connectivity index (χ2v) is 3.72. The highest BCUT2D eigenvalue weighted by atomic mass is 16.3. The second kappa shape index (κ2) is 2.21. The predicted molar refractivity (Wildman–Crippen MR) is 39.7 cm³/mol. The van der Waals surface area contributed by atoms with E-state index in [9.17, 15) is 5.11 Å². The molecule has 1 heterocycles. The SMILES string of the molecule is OCC1(C2CC2)CCNC1. The molecule has 0 aromatic heterocycles. The molecule has 1 aliphatic heterocycles. The molecule has 1 aliphatic carbocycles. The molecule has 1 unspecified atom stereocenters. The molecule has 0 aromatic rings. The van der Waals surface area contributed by atoms with Gasteiger partial charge in [-0.25, -0.2) is 0 Å². The third-order valence-corrected chi connectivity index (χ3v) is 3.03. The Morgan fingerprint density at radius 1 is 1.50 bits per heavy atom. The molecule has 2 heteroatoms. The number of hydrogen-bond donors (Lipinski definition) is 2. The fraction of sp³-hybridized carbons (Fsp3) is 1.00. The molecule has 1 saturated heterocycles. The Hall–Kier alpha value is -0.0800. The van der Waals surface area contributed by atoms with Gasteiger partial charge in [0.1, 0.15) is 0 Å². The lowest BCUT2D eigenvalue weighted by atomic mass is 9.83. The van der Waals surface area contributed by atoms with Crippen LogP contribution in [0.2, 0.25) is 0 Å². The van der Waals surface area contributed by atoms with Crippen molar-refractivity contribution in [1.82, 2.24) is 5.32 Å². The molecule has 10 heavy (non-hydrogen) atoms. The van der Waals surface area contributed by atoms with Gasteiger partial charge in [0.25, 0.3) is 0 Å². The molecule has 2 aliphatic rings. The summed E-state index contributed by atoms with van der Waals surface area (Å²) in [4.78, 5) is 0. The first-order valence-electron chi connectivity index (χ1n) is 4.19. The van der Waals surface area contributed by atoms with Gasteiger partial charge in [0, 0.05) is 12.0 Å². The summed E-state index contributed by atoms with van der Waals surface area (Å²) in [5, 5.41) is 12.5. The van der Waals surface area contributed by atoms with Crippen LogP contribution in [0.25, 0.3) is 0 Å². The van der Waals surface area contributed by atoms with Crippen LogP contribution in [0.15, 0.2) is 0 Å². The minimum atomic E-state index is 0.292. The lowest BCUT2D eigenvalue weighted by Gasteiger charge is -2.24. The van der Waals surface area contributed by atoms with Crippen molar-refractivity contribution in [2.24, 2.45) is 11.3 Å². The van der Waals surface area contributed by atoms with E-state index in [-0.39, 0.29) is 0 Å². The van der Waals surface area contributed by atoms with Gasteiger partial charge < -0.3 is 10.4 Å². The molecule has 1 atom stereocenters. The summed E-state index contributed by atoms with van der Waals surface area (Å²) in [6, 6.07) is 0. The minimum absolute atomic E-state index is 0.292. The Bertz CT molecular complexity index is 125. The highest BCUT2D eigenvalue weighted by molar-refractivity contribution is 4.98. The van der Waals surface area contributed by atoms with Crippen LogP contribution in [-0.4, -0.2) is 24.8 Å². The average molecular weight is 141 g/mol. The molecule has 2 fully saturated rings. The Balaban J connectivity index is 2.04. The fourth-order valence-corrected chi connectivity index (χ4v) is 2.07. The first-order chi connectivity index (χ1) is 4.87. The number of aliphatic hydroxyl groups is 1. The van der Waals surface area contributed by atoms with Gasteiger partial charge in [-0.2, -0.15) is 0 Å². The van der Waals surface area contributed by atoms with Crippen LogP contribution in [0.5, 0.6) is 0 Å². The van der Waals surface area contributed by atoms with Crippen LogP contribution in [-0.2, 0) is 0 Å². The van der Waals surface area contributed by atoms with Gasteiger partial charge in [0.05, 0.1) is 6.61 Å². The largest absolute Gasteiger partial charge is 0.396 e. The first-order valence-corrected chi connectivity index (χ1v) is 4.19. The number of nitrogens with one attached hydrogen (secondary N) is 1. The number of aliphatic hydroxyl groups excluding tert-OH is 1. The first kappa shape index (κ1) is 6.62. The van der Waals surface area contributed by atoms with Crippen molar-refractivity contribution >= 4 is 0 Å². The van der Waals surface area contributed by atoms with Crippen LogP contribution >= 0.6 is 0 Å². The van der Waals surface area contributed by atoms with Crippen molar-refractivity contribution in [3.05, 3.63) is 0 Å². The van der Waals surface area contributed by atoms with Gasteiger partial charge in [-0.3, -0.25) is 0 Å². The molecule has 2 N–H and O–H groups in total. The fourth-order valence-electron chi connectivity index (χ4n) is 2.07. The summed E-state index contributed by atoms with van der Waals surface area (Å²) in [5.74, 6) is 0.840. The van der Waals surface area contributed by atoms with E-state index in [2.05, 4.69) is 5.32 Å². The molecule has 0 spiro atoms. The Morgan fingerprint density at radius 3 is 2.70 bits per heavy atom. The van der Waals surface area contributed by atoms with E-state index in [1.54, 1.807) is 0 Å². The molecule has 0 amide bonds. The van der Waals surface area contributed by atoms with E-state index in [4.69, 9.17) is 0 Å². The lowest BCUT2D eigenvalue weighted by Crippen LogP contribution is -2.30. The van der Waals surface area contributed by atoms with Crippen LogP contribution in [0.3, 0.4) is 0 Å². The normalized spacial score (nSPS) is 40.5. The van der Waals surface area contributed by atoms with Crippen molar-refractivity contribution in [2.75, 3.05) is 19.7 Å². The summed E-state index contributed by atoms with van der Waals surface area (Å²) in [5.41, 5.74) is 0.292. The third kappa shape index (κ3) is 0.867.